The number of rotatable bonds is 3. The number of hydrogen-bond acceptors (Lipinski definition) is 5. The molecule has 0 amide bonds. The van der Waals surface area contributed by atoms with Gasteiger partial charge in [-0.1, -0.05) is 0 Å². The molecule has 25 heavy (non-hydrogen) atoms. The lowest BCUT2D eigenvalue weighted by Crippen LogP contribution is -2.44. The van der Waals surface area contributed by atoms with Crippen LogP contribution >= 0.6 is 0 Å². The molecule has 6 heteroatoms. The number of nitrogens with zero attached hydrogens (tertiary/aromatic N) is 3. The number of aliphatic hydroxyl groups is 1. The van der Waals surface area contributed by atoms with E-state index in [0.29, 0.717) is 24.6 Å². The minimum atomic E-state index is 0.311. The summed E-state index contributed by atoms with van der Waals surface area (Å²) in [6.07, 6.45) is 6.46. The van der Waals surface area contributed by atoms with E-state index in [1.165, 1.54) is 0 Å². The van der Waals surface area contributed by atoms with Crippen LogP contribution in [0.2, 0.25) is 0 Å². The summed E-state index contributed by atoms with van der Waals surface area (Å²) in [6.45, 7) is 4.82. The van der Waals surface area contributed by atoms with Crippen LogP contribution in [-0.2, 0) is 4.74 Å². The van der Waals surface area contributed by atoms with Gasteiger partial charge in [-0.25, -0.2) is 0 Å². The second-order valence-corrected chi connectivity index (χ2v) is 7.55. The van der Waals surface area contributed by atoms with Crippen LogP contribution in [0.1, 0.15) is 38.6 Å². The van der Waals surface area contributed by atoms with Gasteiger partial charge in [0.1, 0.15) is 0 Å². The van der Waals surface area contributed by atoms with Crippen LogP contribution in [0.4, 0.5) is 11.4 Å². The van der Waals surface area contributed by atoms with Gasteiger partial charge < -0.3 is 20.5 Å². The minimum Gasteiger partial charge on any atom is -0.397 e. The molecule has 1 saturated heterocycles. The fourth-order valence-electron chi connectivity index (χ4n) is 4.21. The summed E-state index contributed by atoms with van der Waals surface area (Å²) in [6, 6.07) is 4.93. The molecule has 1 aromatic heterocycles. The SMILES string of the molecule is C[C@@H]1COCCN1c1cc2nn(C3CCC(CO)CC3)cc2cc1N. The van der Waals surface area contributed by atoms with Crippen molar-refractivity contribution in [3.05, 3.63) is 18.3 Å². The van der Waals surface area contributed by atoms with Crippen LogP contribution in [0, 0.1) is 5.92 Å². The molecule has 0 spiro atoms. The van der Waals surface area contributed by atoms with Crippen LogP contribution in [0.3, 0.4) is 0 Å². The van der Waals surface area contributed by atoms with Crippen LogP contribution in [-0.4, -0.2) is 47.3 Å². The number of aromatic nitrogens is 2. The van der Waals surface area contributed by atoms with E-state index in [4.69, 9.17) is 15.6 Å². The molecule has 0 unspecified atom stereocenters. The summed E-state index contributed by atoms with van der Waals surface area (Å²) in [7, 11) is 0. The Morgan fingerprint density at radius 2 is 2.08 bits per heavy atom. The van der Waals surface area contributed by atoms with Crippen LogP contribution in [0.5, 0.6) is 0 Å². The van der Waals surface area contributed by atoms with Gasteiger partial charge in [-0.15, -0.1) is 0 Å². The molecule has 1 aliphatic carbocycles. The molecule has 1 aromatic carbocycles. The van der Waals surface area contributed by atoms with Gasteiger partial charge >= 0.3 is 0 Å². The Morgan fingerprint density at radius 1 is 1.28 bits per heavy atom. The summed E-state index contributed by atoms with van der Waals surface area (Å²) in [5, 5.41) is 15.3. The van der Waals surface area contributed by atoms with Crippen molar-refractivity contribution < 1.29 is 9.84 Å². The summed E-state index contributed by atoms with van der Waals surface area (Å²) < 4.78 is 7.66. The fraction of sp³-hybridized carbons (Fsp3) is 0.632. The number of nitrogens with two attached hydrogens (primary N) is 1. The molecular weight excluding hydrogens is 316 g/mol. The quantitative estimate of drug-likeness (QED) is 0.837. The number of morpholine rings is 1. The highest BCUT2D eigenvalue weighted by atomic mass is 16.5. The summed E-state index contributed by atoms with van der Waals surface area (Å²) in [4.78, 5) is 2.32. The number of anilines is 2. The third-order valence-electron chi connectivity index (χ3n) is 5.80. The fourth-order valence-corrected chi connectivity index (χ4v) is 4.21. The van der Waals surface area contributed by atoms with Gasteiger partial charge in [0, 0.05) is 30.8 Å². The van der Waals surface area contributed by atoms with Crippen molar-refractivity contribution in [1.29, 1.82) is 0 Å². The summed E-state index contributed by atoms with van der Waals surface area (Å²) in [5.41, 5.74) is 9.24. The predicted octanol–water partition coefficient (Wildman–Crippen LogP) is 2.57. The van der Waals surface area contributed by atoms with E-state index in [9.17, 15) is 5.11 Å². The van der Waals surface area contributed by atoms with Crippen molar-refractivity contribution >= 4 is 22.3 Å². The Kier molecular flexibility index (Phi) is 4.56. The Hall–Kier alpha value is -1.79. The molecule has 1 aliphatic heterocycles. The zero-order valence-corrected chi connectivity index (χ0v) is 14.9. The smallest absolute Gasteiger partial charge is 0.0945 e. The molecule has 0 bridgehead atoms. The first-order chi connectivity index (χ1) is 12.2. The number of fused-ring (bicyclic) bond motifs is 1. The molecule has 6 nitrogen and oxygen atoms in total. The van der Waals surface area contributed by atoms with Gasteiger partial charge in [-0.3, -0.25) is 4.68 Å². The van der Waals surface area contributed by atoms with E-state index >= 15 is 0 Å². The highest BCUT2D eigenvalue weighted by Gasteiger charge is 2.24. The normalized spacial score (nSPS) is 27.8. The molecule has 1 saturated carbocycles. The second-order valence-electron chi connectivity index (χ2n) is 7.55. The van der Waals surface area contributed by atoms with Crippen LogP contribution < -0.4 is 10.6 Å². The van der Waals surface area contributed by atoms with Crippen molar-refractivity contribution in [1.82, 2.24) is 9.78 Å². The second kappa shape index (κ2) is 6.84. The highest BCUT2D eigenvalue weighted by Crippen LogP contribution is 2.35. The lowest BCUT2D eigenvalue weighted by atomic mass is 9.87. The van der Waals surface area contributed by atoms with Gasteiger partial charge in [-0.2, -0.15) is 5.10 Å². The zero-order chi connectivity index (χ0) is 17.4. The van der Waals surface area contributed by atoms with Crippen molar-refractivity contribution in [3.8, 4) is 0 Å². The Bertz CT molecular complexity index is 736. The summed E-state index contributed by atoms with van der Waals surface area (Å²) in [5.74, 6) is 0.464. The molecule has 2 aromatic rings. The van der Waals surface area contributed by atoms with E-state index in [1.807, 2.05) is 0 Å². The maximum atomic E-state index is 9.32. The molecule has 4 rings (SSSR count). The molecular formula is C19H28N4O2. The molecule has 1 atom stereocenters. The third kappa shape index (κ3) is 3.20. The first-order valence-electron chi connectivity index (χ1n) is 9.39. The van der Waals surface area contributed by atoms with Crippen molar-refractivity contribution in [2.45, 2.75) is 44.7 Å². The van der Waals surface area contributed by atoms with Crippen molar-refractivity contribution in [3.63, 3.8) is 0 Å². The standard InChI is InChI=1S/C19H28N4O2/c1-13-12-25-7-6-22(13)19-9-18-15(8-17(19)20)10-23(21-18)16-4-2-14(11-24)3-5-16/h8-10,13-14,16,24H,2-7,11-12,20H2,1H3/t13-,14?,16?/m1/s1. The maximum absolute atomic E-state index is 9.32. The van der Waals surface area contributed by atoms with E-state index in [-0.39, 0.29) is 0 Å². The number of benzene rings is 1. The molecule has 2 fully saturated rings. The minimum absolute atomic E-state index is 0.311. The van der Waals surface area contributed by atoms with Gasteiger partial charge in [0.2, 0.25) is 0 Å². The molecule has 2 heterocycles. The monoisotopic (exact) mass is 344 g/mol. The van der Waals surface area contributed by atoms with Crippen molar-refractivity contribution in [2.24, 2.45) is 5.92 Å². The maximum Gasteiger partial charge on any atom is 0.0945 e. The molecule has 136 valence electrons. The van der Waals surface area contributed by atoms with Gasteiger partial charge in [0.15, 0.2) is 0 Å². The first-order valence-corrected chi connectivity index (χ1v) is 9.39. The average molecular weight is 344 g/mol. The van der Waals surface area contributed by atoms with E-state index < -0.39 is 0 Å². The molecule has 3 N–H and O–H groups in total. The topological polar surface area (TPSA) is 76.5 Å². The summed E-state index contributed by atoms with van der Waals surface area (Å²) >= 11 is 0. The van der Waals surface area contributed by atoms with E-state index in [1.54, 1.807) is 0 Å². The number of nitrogen functional groups attached to an aromatic ring is 1. The van der Waals surface area contributed by atoms with Gasteiger partial charge in [0.05, 0.1) is 36.1 Å². The van der Waals surface area contributed by atoms with E-state index in [2.05, 4.69) is 34.8 Å². The van der Waals surface area contributed by atoms with Crippen molar-refractivity contribution in [2.75, 3.05) is 37.0 Å². The molecule has 2 aliphatic rings. The van der Waals surface area contributed by atoms with Gasteiger partial charge in [-0.05, 0) is 50.7 Å². The first kappa shape index (κ1) is 16.7. The largest absolute Gasteiger partial charge is 0.397 e. The average Bonchev–Trinajstić information content (AvgIpc) is 3.04. The van der Waals surface area contributed by atoms with Crippen LogP contribution in [0.25, 0.3) is 10.9 Å². The van der Waals surface area contributed by atoms with Crippen LogP contribution in [0.15, 0.2) is 18.3 Å². The number of aliphatic hydroxyl groups excluding tert-OH is 1. The Balaban J connectivity index is 1.60. The Labute approximate surface area is 148 Å². The zero-order valence-electron chi connectivity index (χ0n) is 14.9. The lowest BCUT2D eigenvalue weighted by molar-refractivity contribution is 0.0990. The van der Waals surface area contributed by atoms with Gasteiger partial charge in [0.25, 0.3) is 0 Å². The molecule has 0 radical (unpaired) electrons. The highest BCUT2D eigenvalue weighted by molar-refractivity contribution is 5.89. The predicted molar refractivity (Wildman–Crippen MR) is 99.9 cm³/mol. The number of hydrogen-bond donors (Lipinski definition) is 2. The number of ether oxygens (including phenoxy) is 1. The lowest BCUT2D eigenvalue weighted by Gasteiger charge is -2.35. The third-order valence-corrected chi connectivity index (χ3v) is 5.80. The Morgan fingerprint density at radius 3 is 2.80 bits per heavy atom. The van der Waals surface area contributed by atoms with E-state index in [0.717, 1.165) is 67.7 Å².